The molecule has 8 unspecified atom stereocenters. The normalized spacial score (nSPS) is 48.3. The molecule has 4 heteroatoms. The van der Waals surface area contributed by atoms with Crippen LogP contribution in [0.4, 0.5) is 0 Å². The van der Waals surface area contributed by atoms with Gasteiger partial charge in [-0.15, -0.1) is 0 Å². The number of aryl methyl sites for hydroxylation is 2. The highest BCUT2D eigenvalue weighted by atomic mass is 16.3. The SMILES string of the molecule is Cc1nn(C)cc1C=C1CC2C3CCC4CC(O)CCC4(C)C3CCC2(C)C1O. The molecule has 0 aromatic carbocycles. The molecule has 0 amide bonds. The number of nitrogens with zero attached hydrogens (tertiary/aromatic N) is 2. The topological polar surface area (TPSA) is 58.3 Å². The molecular formula is C25H38N2O2. The molecule has 0 bridgehead atoms. The first-order chi connectivity index (χ1) is 13.7. The van der Waals surface area contributed by atoms with Gasteiger partial charge < -0.3 is 10.2 Å². The van der Waals surface area contributed by atoms with E-state index in [1.54, 1.807) is 0 Å². The molecule has 4 aliphatic carbocycles. The van der Waals surface area contributed by atoms with Gasteiger partial charge in [-0.05, 0) is 99.0 Å². The van der Waals surface area contributed by atoms with Crippen molar-refractivity contribution in [3.05, 3.63) is 23.0 Å². The molecule has 4 fully saturated rings. The van der Waals surface area contributed by atoms with Crippen LogP contribution < -0.4 is 0 Å². The van der Waals surface area contributed by atoms with Crippen molar-refractivity contribution in [2.45, 2.75) is 84.3 Å². The summed E-state index contributed by atoms with van der Waals surface area (Å²) in [7, 11) is 1.96. The van der Waals surface area contributed by atoms with Crippen molar-refractivity contribution in [2.24, 2.45) is 41.5 Å². The Morgan fingerprint density at radius 2 is 1.83 bits per heavy atom. The average molecular weight is 399 g/mol. The number of aliphatic hydroxyl groups is 2. The number of aliphatic hydroxyl groups excluding tert-OH is 2. The summed E-state index contributed by atoms with van der Waals surface area (Å²) in [6.07, 6.45) is 13.0. The summed E-state index contributed by atoms with van der Waals surface area (Å²) in [5, 5.41) is 26.1. The second kappa shape index (κ2) is 6.68. The molecule has 1 aromatic rings. The van der Waals surface area contributed by atoms with Crippen molar-refractivity contribution >= 4 is 6.08 Å². The van der Waals surface area contributed by atoms with Crippen LogP contribution in [0.1, 0.15) is 76.5 Å². The first-order valence-electron chi connectivity index (χ1n) is 11.8. The number of aromatic nitrogens is 2. The van der Waals surface area contributed by atoms with E-state index in [1.165, 1.54) is 31.3 Å². The third-order valence-corrected chi connectivity index (χ3v) is 9.90. The van der Waals surface area contributed by atoms with Gasteiger partial charge in [0.05, 0.1) is 17.9 Å². The third-order valence-electron chi connectivity index (χ3n) is 9.90. The van der Waals surface area contributed by atoms with E-state index >= 15 is 0 Å². The second-order valence-corrected chi connectivity index (χ2v) is 11.3. The standard InChI is InChI=1S/C25H38N2O2/c1-15-17(14-27(4)26-15)11-16-12-22-20-6-5-18-13-19(28)7-9-24(18,2)21(20)8-10-25(22,3)23(16)29/h11,14,18-23,28-29H,5-10,12-13H2,1-4H3. The van der Waals surface area contributed by atoms with Crippen molar-refractivity contribution < 1.29 is 10.2 Å². The average Bonchev–Trinajstić information content (AvgIpc) is 3.12. The van der Waals surface area contributed by atoms with Crippen molar-refractivity contribution in [2.75, 3.05) is 0 Å². The van der Waals surface area contributed by atoms with E-state index in [4.69, 9.17) is 0 Å². The van der Waals surface area contributed by atoms with E-state index < -0.39 is 0 Å². The highest BCUT2D eigenvalue weighted by Gasteiger charge is 2.61. The van der Waals surface area contributed by atoms with Gasteiger partial charge in [-0.3, -0.25) is 4.68 Å². The fourth-order valence-electron chi connectivity index (χ4n) is 8.19. The Balaban J connectivity index is 1.45. The molecule has 4 nitrogen and oxygen atoms in total. The Kier molecular flexibility index (Phi) is 4.57. The molecule has 0 radical (unpaired) electrons. The minimum absolute atomic E-state index is 0.0144. The fourth-order valence-corrected chi connectivity index (χ4v) is 8.19. The number of hydrogen-bond donors (Lipinski definition) is 2. The summed E-state index contributed by atoms with van der Waals surface area (Å²) in [6, 6.07) is 0. The van der Waals surface area contributed by atoms with Crippen LogP contribution in [0.25, 0.3) is 6.08 Å². The third kappa shape index (κ3) is 2.89. The smallest absolute Gasteiger partial charge is 0.0809 e. The van der Waals surface area contributed by atoms with Gasteiger partial charge in [0.1, 0.15) is 0 Å². The quantitative estimate of drug-likeness (QED) is 0.733. The summed E-state index contributed by atoms with van der Waals surface area (Å²) in [6.45, 7) is 6.94. The Bertz CT molecular complexity index is 829. The van der Waals surface area contributed by atoms with E-state index in [-0.39, 0.29) is 17.6 Å². The van der Waals surface area contributed by atoms with Gasteiger partial charge in [0.15, 0.2) is 0 Å². The highest BCUT2D eigenvalue weighted by molar-refractivity contribution is 5.56. The van der Waals surface area contributed by atoms with Crippen LogP contribution in [-0.2, 0) is 7.05 Å². The Morgan fingerprint density at radius 3 is 2.55 bits per heavy atom. The molecule has 2 N–H and O–H groups in total. The first-order valence-corrected chi connectivity index (χ1v) is 11.8. The van der Waals surface area contributed by atoms with Gasteiger partial charge in [-0.2, -0.15) is 5.10 Å². The predicted octanol–water partition coefficient (Wildman–Crippen LogP) is 4.49. The summed E-state index contributed by atoms with van der Waals surface area (Å²) >= 11 is 0. The minimum Gasteiger partial charge on any atom is -0.393 e. The van der Waals surface area contributed by atoms with Gasteiger partial charge in [0.25, 0.3) is 0 Å². The molecule has 8 atom stereocenters. The first kappa shape index (κ1) is 19.8. The molecule has 5 rings (SSSR count). The zero-order valence-corrected chi connectivity index (χ0v) is 18.6. The second-order valence-electron chi connectivity index (χ2n) is 11.3. The van der Waals surface area contributed by atoms with Crippen LogP contribution in [0.3, 0.4) is 0 Å². The number of rotatable bonds is 1. The van der Waals surface area contributed by atoms with Crippen molar-refractivity contribution in [3.8, 4) is 0 Å². The molecule has 0 spiro atoms. The molecule has 1 aromatic heterocycles. The maximum Gasteiger partial charge on any atom is 0.0809 e. The van der Waals surface area contributed by atoms with Gasteiger partial charge in [0.2, 0.25) is 0 Å². The van der Waals surface area contributed by atoms with Crippen LogP contribution in [-0.4, -0.2) is 32.2 Å². The Labute approximate surface area is 175 Å². The zero-order chi connectivity index (χ0) is 20.6. The van der Waals surface area contributed by atoms with E-state index in [2.05, 4.69) is 38.1 Å². The van der Waals surface area contributed by atoms with Gasteiger partial charge in [-0.1, -0.05) is 13.8 Å². The predicted molar refractivity (Wildman–Crippen MR) is 115 cm³/mol. The fraction of sp³-hybridized carbons (Fsp3) is 0.800. The molecule has 29 heavy (non-hydrogen) atoms. The molecule has 1 heterocycles. The van der Waals surface area contributed by atoms with Gasteiger partial charge >= 0.3 is 0 Å². The summed E-state index contributed by atoms with van der Waals surface area (Å²) < 4.78 is 1.87. The molecule has 160 valence electrons. The van der Waals surface area contributed by atoms with E-state index in [0.717, 1.165) is 48.8 Å². The highest BCUT2D eigenvalue weighted by Crippen LogP contribution is 2.67. The van der Waals surface area contributed by atoms with Crippen molar-refractivity contribution in [3.63, 3.8) is 0 Å². The Morgan fingerprint density at radius 1 is 1.07 bits per heavy atom. The largest absolute Gasteiger partial charge is 0.393 e. The van der Waals surface area contributed by atoms with Crippen molar-refractivity contribution in [1.29, 1.82) is 0 Å². The zero-order valence-electron chi connectivity index (χ0n) is 18.6. The minimum atomic E-state index is -0.327. The molecule has 0 saturated heterocycles. The maximum atomic E-state index is 11.4. The lowest BCUT2D eigenvalue weighted by Crippen LogP contribution is -2.54. The van der Waals surface area contributed by atoms with Crippen molar-refractivity contribution in [1.82, 2.24) is 9.78 Å². The summed E-state index contributed by atoms with van der Waals surface area (Å²) in [4.78, 5) is 0. The lowest BCUT2D eigenvalue weighted by molar-refractivity contribution is -0.133. The summed E-state index contributed by atoms with van der Waals surface area (Å²) in [5.41, 5.74) is 3.82. The molecular weight excluding hydrogens is 360 g/mol. The number of hydrogen-bond acceptors (Lipinski definition) is 3. The molecule has 0 aliphatic heterocycles. The van der Waals surface area contributed by atoms with Gasteiger partial charge in [0, 0.05) is 24.2 Å². The number of fused-ring (bicyclic) bond motifs is 5. The lowest BCUT2D eigenvalue weighted by Gasteiger charge is -2.60. The van der Waals surface area contributed by atoms with Crippen LogP contribution in [0, 0.1) is 41.4 Å². The van der Waals surface area contributed by atoms with E-state index in [1.807, 2.05) is 11.7 Å². The molecule has 4 aliphatic rings. The lowest BCUT2D eigenvalue weighted by atomic mass is 9.45. The van der Waals surface area contributed by atoms with Gasteiger partial charge in [-0.25, -0.2) is 0 Å². The van der Waals surface area contributed by atoms with Crippen LogP contribution in [0.15, 0.2) is 11.8 Å². The van der Waals surface area contributed by atoms with Crippen LogP contribution >= 0.6 is 0 Å². The van der Waals surface area contributed by atoms with Crippen LogP contribution in [0.2, 0.25) is 0 Å². The van der Waals surface area contributed by atoms with E-state index in [0.29, 0.717) is 17.3 Å². The maximum absolute atomic E-state index is 11.4. The van der Waals surface area contributed by atoms with E-state index in [9.17, 15) is 10.2 Å². The summed E-state index contributed by atoms with van der Waals surface area (Å²) in [5.74, 6) is 2.76. The molecule has 4 saturated carbocycles. The van der Waals surface area contributed by atoms with Crippen LogP contribution in [0.5, 0.6) is 0 Å². The Hall–Kier alpha value is -1.13. The monoisotopic (exact) mass is 398 g/mol.